The number of carbonyl (C=O) groups is 3. The van der Waals surface area contributed by atoms with E-state index < -0.39 is 6.10 Å². The molecular weight excluding hydrogens is 961 g/mol. The molecule has 1 unspecified atom stereocenters. The van der Waals surface area contributed by atoms with Gasteiger partial charge in [-0.1, -0.05) is 360 Å². The Bertz CT molecular complexity index is 1210. The first-order valence-corrected chi connectivity index (χ1v) is 35.7. The number of hydrogen-bond donors (Lipinski definition) is 0. The van der Waals surface area contributed by atoms with Crippen molar-refractivity contribution in [3.05, 3.63) is 12.2 Å². The Morgan fingerprint density at radius 1 is 0.244 bits per heavy atom. The fourth-order valence-corrected chi connectivity index (χ4v) is 11.2. The highest BCUT2D eigenvalue weighted by atomic mass is 16.6. The van der Waals surface area contributed by atoms with Crippen molar-refractivity contribution in [2.75, 3.05) is 13.2 Å². The molecular formula is C72H138O6. The first-order chi connectivity index (χ1) is 38.5. The molecule has 0 aliphatic heterocycles. The molecule has 78 heavy (non-hydrogen) atoms. The van der Waals surface area contributed by atoms with Crippen LogP contribution in [0, 0.1) is 0 Å². The lowest BCUT2D eigenvalue weighted by Crippen LogP contribution is -2.30. The van der Waals surface area contributed by atoms with Crippen LogP contribution in [-0.2, 0) is 28.6 Å². The van der Waals surface area contributed by atoms with Crippen LogP contribution in [-0.4, -0.2) is 37.2 Å². The molecule has 0 bridgehead atoms. The van der Waals surface area contributed by atoms with E-state index in [0.29, 0.717) is 19.3 Å². The minimum atomic E-state index is -0.765. The second-order valence-electron chi connectivity index (χ2n) is 24.5. The lowest BCUT2D eigenvalue weighted by molar-refractivity contribution is -0.167. The molecule has 462 valence electrons. The second-order valence-corrected chi connectivity index (χ2v) is 24.5. The Morgan fingerprint density at radius 3 is 0.641 bits per heavy atom. The predicted molar refractivity (Wildman–Crippen MR) is 340 cm³/mol. The van der Waals surface area contributed by atoms with Crippen LogP contribution in [0.4, 0.5) is 0 Å². The van der Waals surface area contributed by atoms with Crippen LogP contribution >= 0.6 is 0 Å². The van der Waals surface area contributed by atoms with Gasteiger partial charge in [-0.05, 0) is 44.9 Å². The maximum absolute atomic E-state index is 12.9. The summed E-state index contributed by atoms with van der Waals surface area (Å²) >= 11 is 0. The summed E-state index contributed by atoms with van der Waals surface area (Å²) in [6.45, 7) is 6.67. The smallest absolute Gasteiger partial charge is 0.306 e. The molecule has 0 aromatic heterocycles. The lowest BCUT2D eigenvalue weighted by Gasteiger charge is -2.18. The summed E-state index contributed by atoms with van der Waals surface area (Å²) in [4.78, 5) is 38.1. The SMILES string of the molecule is CCCCCCCC/C=C\CCCCCCCCCCCC(=O)OC(COC(=O)CCCCCCCCC)COC(=O)CCCCCCCCCCCCCCCCCCCCCCCCCCCCCCCCCCCC. The quantitative estimate of drug-likeness (QED) is 0.0261. The number of allylic oxidation sites excluding steroid dienone is 2. The van der Waals surface area contributed by atoms with E-state index in [-0.39, 0.29) is 31.1 Å². The average Bonchev–Trinajstić information content (AvgIpc) is 3.44. The van der Waals surface area contributed by atoms with E-state index in [9.17, 15) is 14.4 Å². The van der Waals surface area contributed by atoms with Gasteiger partial charge in [0.1, 0.15) is 13.2 Å². The van der Waals surface area contributed by atoms with Gasteiger partial charge in [-0.3, -0.25) is 14.4 Å². The van der Waals surface area contributed by atoms with Gasteiger partial charge < -0.3 is 14.2 Å². The molecule has 0 heterocycles. The maximum Gasteiger partial charge on any atom is 0.306 e. The number of carbonyl (C=O) groups excluding carboxylic acids is 3. The summed E-state index contributed by atoms with van der Waals surface area (Å²) in [5.41, 5.74) is 0. The van der Waals surface area contributed by atoms with Gasteiger partial charge >= 0.3 is 17.9 Å². The van der Waals surface area contributed by atoms with Crippen molar-refractivity contribution in [2.45, 2.75) is 419 Å². The van der Waals surface area contributed by atoms with E-state index in [1.54, 1.807) is 0 Å². The van der Waals surface area contributed by atoms with E-state index in [0.717, 1.165) is 57.8 Å². The number of hydrogen-bond acceptors (Lipinski definition) is 6. The third-order valence-corrected chi connectivity index (χ3v) is 16.5. The van der Waals surface area contributed by atoms with Crippen molar-refractivity contribution in [2.24, 2.45) is 0 Å². The van der Waals surface area contributed by atoms with Gasteiger partial charge in [0.05, 0.1) is 0 Å². The summed E-state index contributed by atoms with van der Waals surface area (Å²) in [6, 6.07) is 0. The highest BCUT2D eigenvalue weighted by molar-refractivity contribution is 5.71. The van der Waals surface area contributed by atoms with E-state index in [4.69, 9.17) is 14.2 Å². The zero-order valence-corrected chi connectivity index (χ0v) is 53.2. The summed E-state index contributed by atoms with van der Waals surface area (Å²) in [5, 5.41) is 0. The first kappa shape index (κ1) is 76.1. The number of esters is 3. The van der Waals surface area contributed by atoms with Crippen LogP contribution in [0.3, 0.4) is 0 Å². The molecule has 0 N–H and O–H groups in total. The molecule has 0 spiro atoms. The van der Waals surface area contributed by atoms with Gasteiger partial charge in [0.2, 0.25) is 0 Å². The molecule has 1 atom stereocenters. The molecule has 0 rings (SSSR count). The zero-order chi connectivity index (χ0) is 56.4. The highest BCUT2D eigenvalue weighted by Crippen LogP contribution is 2.19. The minimum Gasteiger partial charge on any atom is -0.462 e. The van der Waals surface area contributed by atoms with Gasteiger partial charge in [0.25, 0.3) is 0 Å². The number of ether oxygens (including phenoxy) is 3. The molecule has 0 aliphatic carbocycles. The van der Waals surface area contributed by atoms with Crippen LogP contribution in [0.25, 0.3) is 0 Å². The molecule has 0 saturated carbocycles. The van der Waals surface area contributed by atoms with E-state index in [1.165, 1.54) is 315 Å². The fraction of sp³-hybridized carbons (Fsp3) is 0.931. The van der Waals surface area contributed by atoms with Crippen molar-refractivity contribution < 1.29 is 28.6 Å². The van der Waals surface area contributed by atoms with Gasteiger partial charge in [-0.2, -0.15) is 0 Å². The first-order valence-electron chi connectivity index (χ1n) is 35.7. The van der Waals surface area contributed by atoms with E-state index in [1.807, 2.05) is 0 Å². The molecule has 6 heteroatoms. The summed E-state index contributed by atoms with van der Waals surface area (Å²) in [7, 11) is 0. The van der Waals surface area contributed by atoms with Crippen LogP contribution < -0.4 is 0 Å². The Kier molecular flexibility index (Phi) is 66.0. The van der Waals surface area contributed by atoms with E-state index in [2.05, 4.69) is 32.9 Å². The summed E-state index contributed by atoms with van der Waals surface area (Å²) in [5.74, 6) is -0.845. The van der Waals surface area contributed by atoms with Crippen molar-refractivity contribution >= 4 is 17.9 Å². The molecule has 0 amide bonds. The Morgan fingerprint density at radius 2 is 0.423 bits per heavy atom. The standard InChI is InChI=1S/C72H138O6/c1-4-7-10-13-16-18-20-22-24-26-28-29-30-31-32-33-34-35-36-37-38-39-40-41-42-44-45-47-49-51-53-56-59-62-65-71(74)77-68-69(67-76-70(73)64-61-58-55-15-12-9-6-3)78-72(75)66-63-60-57-54-52-50-48-46-43-27-25-23-21-19-17-14-11-8-5-2/h23,25,69H,4-22,24,26-68H2,1-3H3/b25-23-. The number of rotatable bonds is 67. The fourth-order valence-electron chi connectivity index (χ4n) is 11.2. The largest absolute Gasteiger partial charge is 0.462 e. The molecule has 0 fully saturated rings. The van der Waals surface area contributed by atoms with Crippen molar-refractivity contribution in [3.8, 4) is 0 Å². The topological polar surface area (TPSA) is 78.9 Å². The van der Waals surface area contributed by atoms with Crippen molar-refractivity contribution in [1.82, 2.24) is 0 Å². The normalized spacial score (nSPS) is 12.0. The van der Waals surface area contributed by atoms with Gasteiger partial charge in [0, 0.05) is 19.3 Å². The molecule has 6 nitrogen and oxygen atoms in total. The lowest BCUT2D eigenvalue weighted by atomic mass is 10.0. The monoisotopic (exact) mass is 1100 g/mol. The van der Waals surface area contributed by atoms with Crippen molar-refractivity contribution in [3.63, 3.8) is 0 Å². The molecule has 0 radical (unpaired) electrons. The number of unbranched alkanes of at least 4 members (excludes halogenated alkanes) is 54. The molecule has 0 aromatic rings. The van der Waals surface area contributed by atoms with Crippen LogP contribution in [0.5, 0.6) is 0 Å². The molecule has 0 saturated heterocycles. The third-order valence-electron chi connectivity index (χ3n) is 16.5. The Balaban J connectivity index is 3.92. The summed E-state index contributed by atoms with van der Waals surface area (Å²) in [6.07, 6.45) is 81.5. The highest BCUT2D eigenvalue weighted by Gasteiger charge is 2.19. The van der Waals surface area contributed by atoms with Gasteiger partial charge in [0.15, 0.2) is 6.10 Å². The average molecular weight is 1100 g/mol. The molecule has 0 aliphatic rings. The van der Waals surface area contributed by atoms with Crippen LogP contribution in [0.1, 0.15) is 412 Å². The Hall–Kier alpha value is -1.85. The van der Waals surface area contributed by atoms with Gasteiger partial charge in [-0.25, -0.2) is 0 Å². The molecule has 0 aromatic carbocycles. The maximum atomic E-state index is 12.9. The van der Waals surface area contributed by atoms with Crippen LogP contribution in [0.2, 0.25) is 0 Å². The van der Waals surface area contributed by atoms with Gasteiger partial charge in [-0.15, -0.1) is 0 Å². The predicted octanol–water partition coefficient (Wildman–Crippen LogP) is 24.4. The Labute approximate surface area is 488 Å². The van der Waals surface area contributed by atoms with Crippen LogP contribution in [0.15, 0.2) is 12.2 Å². The van der Waals surface area contributed by atoms with Crippen molar-refractivity contribution in [1.29, 1.82) is 0 Å². The zero-order valence-electron chi connectivity index (χ0n) is 53.2. The van der Waals surface area contributed by atoms with E-state index >= 15 is 0 Å². The second kappa shape index (κ2) is 67.7. The third kappa shape index (κ3) is 65.0. The minimum absolute atomic E-state index is 0.0650. The summed E-state index contributed by atoms with van der Waals surface area (Å²) < 4.78 is 16.9.